The molecule has 1 aliphatic rings. The molecule has 0 bridgehead atoms. The molecule has 0 aliphatic carbocycles. The highest BCUT2D eigenvalue weighted by Gasteiger charge is 2.14. The highest BCUT2D eigenvalue weighted by atomic mass is 35.5. The van der Waals surface area contributed by atoms with Gasteiger partial charge in [-0.05, 0) is 30.5 Å². The zero-order chi connectivity index (χ0) is 13.7. The van der Waals surface area contributed by atoms with Crippen LogP contribution in [0.1, 0.15) is 18.4 Å². The van der Waals surface area contributed by atoms with Crippen molar-refractivity contribution in [2.45, 2.75) is 24.7 Å². The van der Waals surface area contributed by atoms with E-state index >= 15 is 0 Å². The molecule has 0 radical (unpaired) electrons. The molecule has 0 amide bonds. The molecule has 104 valence electrons. The number of benzene rings is 1. The second kappa shape index (κ2) is 7.39. The largest absolute Gasteiger partial charge is 0.379 e. The van der Waals surface area contributed by atoms with Gasteiger partial charge in [0.15, 0.2) is 5.17 Å². The summed E-state index contributed by atoms with van der Waals surface area (Å²) >= 11 is 13.4. The molecule has 1 saturated heterocycles. The lowest BCUT2D eigenvalue weighted by molar-refractivity contribution is 0.118. The van der Waals surface area contributed by atoms with Crippen molar-refractivity contribution in [1.82, 2.24) is 0 Å². The van der Waals surface area contributed by atoms with Crippen LogP contribution in [0.5, 0.6) is 0 Å². The number of hydrogen-bond donors (Lipinski definition) is 1. The quantitative estimate of drug-likeness (QED) is 0.680. The molecule has 1 atom stereocenters. The summed E-state index contributed by atoms with van der Waals surface area (Å²) in [5, 5.41) is 1.87. The fourth-order valence-electron chi connectivity index (χ4n) is 1.82. The first-order chi connectivity index (χ1) is 9.15. The molecule has 0 saturated carbocycles. The third-order valence-electron chi connectivity index (χ3n) is 2.87. The lowest BCUT2D eigenvalue weighted by atomic mass is 10.2. The summed E-state index contributed by atoms with van der Waals surface area (Å²) in [4.78, 5) is 4.33. The van der Waals surface area contributed by atoms with Crippen LogP contribution >= 0.6 is 35.0 Å². The molecule has 6 heteroatoms. The maximum absolute atomic E-state index is 6.10. The van der Waals surface area contributed by atoms with Gasteiger partial charge in [-0.1, -0.05) is 41.0 Å². The van der Waals surface area contributed by atoms with E-state index in [0.29, 0.717) is 27.5 Å². The minimum atomic E-state index is 0.235. The Morgan fingerprint density at radius 1 is 1.47 bits per heavy atom. The summed E-state index contributed by atoms with van der Waals surface area (Å²) in [6.45, 7) is 1.49. The monoisotopic (exact) mass is 318 g/mol. The Morgan fingerprint density at radius 2 is 2.32 bits per heavy atom. The van der Waals surface area contributed by atoms with Crippen molar-refractivity contribution in [2.75, 3.05) is 13.2 Å². The number of nitrogens with two attached hydrogens (primary N) is 1. The second-order valence-corrected chi connectivity index (χ2v) is 6.18. The number of hydrogen-bond acceptors (Lipinski definition) is 3. The smallest absolute Gasteiger partial charge is 0.154 e. The Bertz CT molecular complexity index is 462. The molecule has 1 aliphatic heterocycles. The zero-order valence-electron chi connectivity index (χ0n) is 10.4. The van der Waals surface area contributed by atoms with E-state index in [2.05, 4.69) is 4.99 Å². The van der Waals surface area contributed by atoms with E-state index < -0.39 is 0 Å². The molecule has 2 N–H and O–H groups in total. The van der Waals surface area contributed by atoms with Crippen molar-refractivity contribution < 1.29 is 4.74 Å². The number of nitrogens with zero attached hydrogens (tertiary/aromatic N) is 1. The van der Waals surface area contributed by atoms with Gasteiger partial charge in [-0.3, -0.25) is 4.99 Å². The molecule has 19 heavy (non-hydrogen) atoms. The van der Waals surface area contributed by atoms with Crippen LogP contribution in [-0.4, -0.2) is 24.4 Å². The zero-order valence-corrected chi connectivity index (χ0v) is 12.8. The van der Waals surface area contributed by atoms with Crippen LogP contribution in [0, 0.1) is 0 Å². The minimum Gasteiger partial charge on any atom is -0.379 e. The Kier molecular flexibility index (Phi) is 5.82. The summed E-state index contributed by atoms with van der Waals surface area (Å²) in [7, 11) is 0. The van der Waals surface area contributed by atoms with Gasteiger partial charge in [0.1, 0.15) is 0 Å². The van der Waals surface area contributed by atoms with E-state index in [1.54, 1.807) is 6.07 Å². The second-order valence-electron chi connectivity index (χ2n) is 4.34. The molecule has 0 spiro atoms. The van der Waals surface area contributed by atoms with Crippen LogP contribution in [-0.2, 0) is 10.5 Å². The van der Waals surface area contributed by atoms with Gasteiger partial charge in [-0.25, -0.2) is 0 Å². The Balaban J connectivity index is 1.81. The molecular formula is C13H16Cl2N2OS. The predicted molar refractivity (Wildman–Crippen MR) is 83.2 cm³/mol. The maximum Gasteiger partial charge on any atom is 0.154 e. The molecule has 1 aromatic carbocycles. The fraction of sp³-hybridized carbons (Fsp3) is 0.462. The van der Waals surface area contributed by atoms with Crippen LogP contribution in [0.4, 0.5) is 0 Å². The molecule has 2 rings (SSSR count). The molecule has 1 heterocycles. The molecular weight excluding hydrogens is 303 g/mol. The molecule has 3 nitrogen and oxygen atoms in total. The SMILES string of the molecule is NC(=NC[C@H]1CCCO1)SCc1ccc(Cl)cc1Cl. The number of rotatable bonds is 4. The third-order valence-corrected chi connectivity index (χ3v) is 4.33. The van der Waals surface area contributed by atoms with Gasteiger partial charge in [0.2, 0.25) is 0 Å². The van der Waals surface area contributed by atoms with Gasteiger partial charge in [-0.2, -0.15) is 0 Å². The highest BCUT2D eigenvalue weighted by Crippen LogP contribution is 2.24. The van der Waals surface area contributed by atoms with Crippen molar-refractivity contribution in [3.05, 3.63) is 33.8 Å². The van der Waals surface area contributed by atoms with E-state index in [9.17, 15) is 0 Å². The van der Waals surface area contributed by atoms with Gasteiger partial charge in [0, 0.05) is 22.4 Å². The predicted octanol–water partition coefficient (Wildman–Crippen LogP) is 3.72. The number of amidine groups is 1. The van der Waals surface area contributed by atoms with Crippen LogP contribution in [0.3, 0.4) is 0 Å². The van der Waals surface area contributed by atoms with Crippen molar-refractivity contribution >= 4 is 40.1 Å². The molecule has 1 fully saturated rings. The lowest BCUT2D eigenvalue weighted by Gasteiger charge is -2.07. The van der Waals surface area contributed by atoms with Crippen LogP contribution in [0.2, 0.25) is 10.0 Å². The highest BCUT2D eigenvalue weighted by molar-refractivity contribution is 8.13. The van der Waals surface area contributed by atoms with Crippen molar-refractivity contribution in [3.63, 3.8) is 0 Å². The van der Waals surface area contributed by atoms with Crippen molar-refractivity contribution in [3.8, 4) is 0 Å². The minimum absolute atomic E-state index is 0.235. The van der Waals surface area contributed by atoms with Gasteiger partial charge >= 0.3 is 0 Å². The first kappa shape index (κ1) is 15.0. The molecule has 0 unspecified atom stereocenters. The van der Waals surface area contributed by atoms with Crippen LogP contribution in [0.25, 0.3) is 0 Å². The summed E-state index contributed by atoms with van der Waals surface area (Å²) in [5.41, 5.74) is 6.87. The number of halogens is 2. The average Bonchev–Trinajstić information content (AvgIpc) is 2.88. The van der Waals surface area contributed by atoms with Crippen molar-refractivity contribution in [2.24, 2.45) is 10.7 Å². The van der Waals surface area contributed by atoms with E-state index in [4.69, 9.17) is 33.7 Å². The van der Waals surface area contributed by atoms with E-state index in [-0.39, 0.29) is 6.10 Å². The normalized spacial score (nSPS) is 19.9. The van der Waals surface area contributed by atoms with E-state index in [1.165, 1.54) is 11.8 Å². The summed E-state index contributed by atoms with van der Waals surface area (Å²) in [6.07, 6.45) is 2.43. The first-order valence-corrected chi connectivity index (χ1v) is 7.87. The standard InChI is InChI=1S/C13H16Cl2N2OS/c14-10-4-3-9(12(15)6-10)8-19-13(16)17-7-11-2-1-5-18-11/h3-4,6,11H,1-2,5,7-8H2,(H2,16,17)/t11-/m1/s1. The fourth-order valence-corrected chi connectivity index (χ4v) is 3.09. The first-order valence-electron chi connectivity index (χ1n) is 6.13. The number of aliphatic imine (C=N–C) groups is 1. The van der Waals surface area contributed by atoms with Gasteiger partial charge < -0.3 is 10.5 Å². The summed E-state index contributed by atoms with van der Waals surface area (Å²) in [6, 6.07) is 5.47. The molecule has 1 aromatic rings. The van der Waals surface area contributed by atoms with Crippen LogP contribution in [0.15, 0.2) is 23.2 Å². The van der Waals surface area contributed by atoms with Crippen molar-refractivity contribution in [1.29, 1.82) is 0 Å². The number of thioether (sulfide) groups is 1. The third kappa shape index (κ3) is 4.88. The summed E-state index contributed by atoms with van der Waals surface area (Å²) < 4.78 is 5.49. The Morgan fingerprint density at radius 3 is 3.00 bits per heavy atom. The molecule has 0 aromatic heterocycles. The topological polar surface area (TPSA) is 47.6 Å². The summed E-state index contributed by atoms with van der Waals surface area (Å²) in [5.74, 6) is 0.691. The van der Waals surface area contributed by atoms with E-state index in [1.807, 2.05) is 12.1 Å². The average molecular weight is 319 g/mol. The number of ether oxygens (including phenoxy) is 1. The Hall–Kier alpha value is -0.420. The van der Waals surface area contributed by atoms with Gasteiger partial charge in [-0.15, -0.1) is 0 Å². The van der Waals surface area contributed by atoms with Gasteiger partial charge in [0.25, 0.3) is 0 Å². The lowest BCUT2D eigenvalue weighted by Crippen LogP contribution is -2.14. The Labute approximate surface area is 127 Å². The van der Waals surface area contributed by atoms with Gasteiger partial charge in [0.05, 0.1) is 12.6 Å². The van der Waals surface area contributed by atoms with Crippen LogP contribution < -0.4 is 5.73 Å². The van der Waals surface area contributed by atoms with E-state index in [0.717, 1.165) is 25.0 Å². The maximum atomic E-state index is 6.10.